The molecule has 0 saturated heterocycles. The minimum absolute atomic E-state index is 0.0305. The summed E-state index contributed by atoms with van der Waals surface area (Å²) in [6.07, 6.45) is 48.7. The summed E-state index contributed by atoms with van der Waals surface area (Å²) in [5.74, 6) is 1.99. The third kappa shape index (κ3) is 6.11. The van der Waals surface area contributed by atoms with Crippen LogP contribution in [0.25, 0.3) is 33.5 Å². The Kier molecular flexibility index (Phi) is 9.07. The number of hydrogen-bond acceptors (Lipinski definition) is 4. The zero-order valence-electron chi connectivity index (χ0n) is 39.2. The van der Waals surface area contributed by atoms with Gasteiger partial charge in [-0.1, -0.05) is 121 Å². The lowest BCUT2D eigenvalue weighted by molar-refractivity contribution is 0.483. The first-order valence-electron chi connectivity index (χ1n) is 26.1. The van der Waals surface area contributed by atoms with E-state index in [2.05, 4.69) is 190 Å². The number of nitrogens with zero attached hydrogens (tertiary/aromatic N) is 4. The molecule has 3 aliphatic heterocycles. The summed E-state index contributed by atoms with van der Waals surface area (Å²) >= 11 is 0. The molecule has 0 amide bonds. The number of aliphatic imine (C=N–C) groups is 1. The van der Waals surface area contributed by atoms with Gasteiger partial charge in [0.1, 0.15) is 0 Å². The largest absolute Gasteiger partial charge is 0.349 e. The van der Waals surface area contributed by atoms with Gasteiger partial charge in [0, 0.05) is 57.0 Å². The molecule has 0 bridgehead atoms. The Morgan fingerprint density at radius 3 is 2.54 bits per heavy atom. The number of allylic oxidation sites excluding steroid dienone is 14. The fraction of sp³-hybridized carbons (Fsp3) is 0.266. The third-order valence-corrected chi connectivity index (χ3v) is 17.3. The lowest BCUT2D eigenvalue weighted by atomic mass is 9.75. The van der Waals surface area contributed by atoms with Crippen molar-refractivity contribution in [3.63, 3.8) is 0 Å². The second-order valence-corrected chi connectivity index (χ2v) is 20.9. The van der Waals surface area contributed by atoms with E-state index in [4.69, 9.17) is 4.99 Å². The Labute approximate surface area is 405 Å². The first kappa shape index (κ1) is 39.8. The standard InChI is InChI=1S/C64H57N5/c1-2-16-45(17-3-1)67-56-24-12-9-20-49(56)51-34-29-44(39-60(51)67)43-31-36-58-54(38-43)50-21-10-13-25-57(50)69(58)64-65-55-23-11-8-22-52(55)62(66-64)42-26-32-46(33-27-42)68-59-37-30-40-14-4-6-18-47(40)61(59)53-35-28-41-15-5-7-19-48(41)63(53)68/h2,4,8-14,16-17,20-22,24-26,28-33,35-39,42,51,53,55,62-63H,1,3,5-7,15,18-19,23,27,34H2,(H,65,66)/t42?,51?,53?,55?,62-,63?/m1/s1. The van der Waals surface area contributed by atoms with Gasteiger partial charge in [-0.3, -0.25) is 4.57 Å². The fourth-order valence-electron chi connectivity index (χ4n) is 14.1. The van der Waals surface area contributed by atoms with Crippen LogP contribution in [0.1, 0.15) is 104 Å². The van der Waals surface area contributed by atoms with Gasteiger partial charge in [-0.05, 0) is 169 Å². The molecule has 5 unspecified atom stereocenters. The number of hydrogen-bond donors (Lipinski definition) is 1. The molecule has 0 saturated carbocycles. The van der Waals surface area contributed by atoms with Crippen LogP contribution in [0.5, 0.6) is 0 Å². The fourth-order valence-corrected chi connectivity index (χ4v) is 14.1. The number of rotatable bonds is 4. The summed E-state index contributed by atoms with van der Waals surface area (Å²) < 4.78 is 2.43. The summed E-state index contributed by atoms with van der Waals surface area (Å²) in [5, 5.41) is 6.52. The Morgan fingerprint density at radius 1 is 0.681 bits per heavy atom. The van der Waals surface area contributed by atoms with Crippen LogP contribution >= 0.6 is 0 Å². The normalized spacial score (nSPS) is 27.0. The highest BCUT2D eigenvalue weighted by Crippen LogP contribution is 2.55. The zero-order valence-corrected chi connectivity index (χ0v) is 39.2. The maximum atomic E-state index is 5.79. The van der Waals surface area contributed by atoms with Crippen molar-refractivity contribution >= 4 is 50.8 Å². The molecule has 338 valence electrons. The van der Waals surface area contributed by atoms with Gasteiger partial charge < -0.3 is 15.1 Å². The highest BCUT2D eigenvalue weighted by molar-refractivity contribution is 6.15. The summed E-state index contributed by atoms with van der Waals surface area (Å²) in [4.78, 5) is 11.1. The monoisotopic (exact) mass is 895 g/mol. The molecule has 4 aromatic carbocycles. The van der Waals surface area contributed by atoms with Gasteiger partial charge in [0.05, 0.1) is 29.2 Å². The Bertz CT molecular complexity index is 3450. The highest BCUT2D eigenvalue weighted by atomic mass is 15.3. The molecule has 15 rings (SSSR count). The van der Waals surface area contributed by atoms with E-state index in [9.17, 15) is 0 Å². The molecule has 5 nitrogen and oxygen atoms in total. The first-order chi connectivity index (χ1) is 34.2. The van der Waals surface area contributed by atoms with Gasteiger partial charge in [0.2, 0.25) is 5.96 Å². The van der Waals surface area contributed by atoms with Crippen molar-refractivity contribution in [2.45, 2.75) is 101 Å². The number of nitrogens with one attached hydrogen (secondary N) is 1. The van der Waals surface area contributed by atoms with Crippen molar-refractivity contribution in [3.05, 3.63) is 226 Å². The van der Waals surface area contributed by atoms with Crippen LogP contribution in [-0.4, -0.2) is 28.7 Å². The summed E-state index contributed by atoms with van der Waals surface area (Å²) in [7, 11) is 0. The van der Waals surface area contributed by atoms with Crippen molar-refractivity contribution in [2.24, 2.45) is 10.9 Å². The molecule has 0 radical (unpaired) electrons. The van der Waals surface area contributed by atoms with E-state index in [1.165, 1.54) is 104 Å². The smallest absolute Gasteiger partial charge is 0.204 e. The van der Waals surface area contributed by atoms with Crippen molar-refractivity contribution in [3.8, 4) is 0 Å². The van der Waals surface area contributed by atoms with Crippen LogP contribution in [0.4, 0.5) is 11.4 Å². The van der Waals surface area contributed by atoms with E-state index < -0.39 is 0 Å². The molecule has 5 aromatic rings. The van der Waals surface area contributed by atoms with Crippen molar-refractivity contribution in [1.29, 1.82) is 0 Å². The molecule has 5 heteroatoms. The first-order valence-corrected chi connectivity index (χ1v) is 26.1. The lowest BCUT2D eigenvalue weighted by Gasteiger charge is -2.39. The quantitative estimate of drug-likeness (QED) is 0.195. The molecule has 4 heterocycles. The number of fused-ring (bicyclic) bond motifs is 13. The third-order valence-electron chi connectivity index (χ3n) is 17.3. The highest BCUT2D eigenvalue weighted by Gasteiger charge is 2.45. The van der Waals surface area contributed by atoms with Gasteiger partial charge in [0.15, 0.2) is 0 Å². The van der Waals surface area contributed by atoms with Crippen LogP contribution in [0.3, 0.4) is 0 Å². The van der Waals surface area contributed by atoms with E-state index >= 15 is 0 Å². The topological polar surface area (TPSA) is 35.8 Å². The van der Waals surface area contributed by atoms with E-state index in [-0.39, 0.29) is 18.0 Å². The molecule has 0 spiro atoms. The molecular weight excluding hydrogens is 839 g/mol. The molecule has 7 aliphatic carbocycles. The minimum Gasteiger partial charge on any atom is -0.349 e. The second kappa shape index (κ2) is 15.7. The Balaban J connectivity index is 0.784. The number of aromatic nitrogens is 1. The van der Waals surface area contributed by atoms with Crippen LogP contribution in [0, 0.1) is 5.92 Å². The summed E-state index contributed by atoms with van der Waals surface area (Å²) in [5.41, 5.74) is 22.4. The second-order valence-electron chi connectivity index (χ2n) is 20.9. The predicted molar refractivity (Wildman–Crippen MR) is 286 cm³/mol. The Hall–Kier alpha value is -7.11. The molecule has 10 aliphatic rings. The van der Waals surface area contributed by atoms with E-state index in [0.717, 1.165) is 50.9 Å². The number of benzene rings is 4. The van der Waals surface area contributed by atoms with Crippen LogP contribution in [0.15, 0.2) is 203 Å². The predicted octanol–water partition coefficient (Wildman–Crippen LogP) is 14.6. The Morgan fingerprint density at radius 2 is 1.59 bits per heavy atom. The molecular formula is C64H57N5. The average molecular weight is 896 g/mol. The van der Waals surface area contributed by atoms with E-state index in [1.54, 1.807) is 22.3 Å². The van der Waals surface area contributed by atoms with Gasteiger partial charge >= 0.3 is 0 Å². The van der Waals surface area contributed by atoms with Crippen molar-refractivity contribution in [2.75, 3.05) is 9.80 Å². The van der Waals surface area contributed by atoms with Gasteiger partial charge in [-0.15, -0.1) is 0 Å². The van der Waals surface area contributed by atoms with Crippen molar-refractivity contribution in [1.82, 2.24) is 9.88 Å². The summed E-state index contributed by atoms with van der Waals surface area (Å²) in [6, 6.07) is 30.5. The van der Waals surface area contributed by atoms with Crippen molar-refractivity contribution < 1.29 is 0 Å². The maximum absolute atomic E-state index is 5.79. The lowest BCUT2D eigenvalue weighted by Crippen LogP contribution is -2.49. The average Bonchev–Trinajstić information content (AvgIpc) is 4.06. The molecule has 1 aromatic heterocycles. The number of para-hydroxylation sites is 2. The van der Waals surface area contributed by atoms with Gasteiger partial charge in [-0.2, -0.15) is 0 Å². The number of anilines is 2. The van der Waals surface area contributed by atoms with Gasteiger partial charge in [-0.25, -0.2) is 4.99 Å². The van der Waals surface area contributed by atoms with Crippen LogP contribution in [-0.2, 0) is 6.42 Å². The molecule has 6 atom stereocenters. The van der Waals surface area contributed by atoms with Crippen LogP contribution < -0.4 is 15.1 Å². The SMILES string of the molecule is C1=CCC2NC(n3c4ccccc4c4cc(C5=CCC6C(=C5)N(C5=CCCC=C5)c5ccccc56)ccc43)=N[C@H](C3C=CC(N4c5ccc6c(c5C5C=CC7=C(CCCC7)C54)CCC=C6)=CC3)C2=C1. The maximum Gasteiger partial charge on any atom is 0.204 e. The van der Waals surface area contributed by atoms with E-state index in [0.29, 0.717) is 17.9 Å². The molecule has 0 fully saturated rings. The molecule has 1 N–H and O–H groups in total. The molecule has 69 heavy (non-hydrogen) atoms. The summed E-state index contributed by atoms with van der Waals surface area (Å²) in [6.45, 7) is 0. The zero-order chi connectivity index (χ0) is 45.2. The van der Waals surface area contributed by atoms with Gasteiger partial charge in [0.25, 0.3) is 0 Å². The minimum atomic E-state index is 0.0305. The van der Waals surface area contributed by atoms with Crippen LogP contribution in [0.2, 0.25) is 0 Å². The van der Waals surface area contributed by atoms with E-state index in [1.807, 2.05) is 0 Å².